The van der Waals surface area contributed by atoms with Crippen molar-refractivity contribution in [1.29, 1.82) is 0 Å². The van der Waals surface area contributed by atoms with E-state index in [9.17, 15) is 19.3 Å². The van der Waals surface area contributed by atoms with Gasteiger partial charge in [0.2, 0.25) is 0 Å². The summed E-state index contributed by atoms with van der Waals surface area (Å²) in [5.74, 6) is 0.528. The first-order chi connectivity index (χ1) is 17.5. The lowest BCUT2D eigenvalue weighted by Crippen LogP contribution is -2.27. The highest BCUT2D eigenvalue weighted by atomic mass is 32.2. The smallest absolute Gasteiger partial charge is 0.269 e. The quantitative estimate of drug-likeness (QED) is 0.188. The third-order valence-corrected chi connectivity index (χ3v) is 7.03. The molecule has 1 aliphatic rings. The van der Waals surface area contributed by atoms with Crippen molar-refractivity contribution in [3.05, 3.63) is 99.9 Å². The number of para-hydroxylation sites is 1. The summed E-state index contributed by atoms with van der Waals surface area (Å²) in [7, 11) is 0. The molecule has 0 bridgehead atoms. The highest BCUT2D eigenvalue weighted by molar-refractivity contribution is 7.98. The Balaban J connectivity index is 1.41. The Kier molecular flexibility index (Phi) is 6.77. The molecule has 3 aromatic carbocycles. The van der Waals surface area contributed by atoms with E-state index in [-0.39, 0.29) is 17.3 Å². The van der Waals surface area contributed by atoms with Gasteiger partial charge in [0.25, 0.3) is 11.6 Å². The number of rotatable bonds is 7. The number of nitro groups is 1. The zero-order valence-corrected chi connectivity index (χ0v) is 20.0. The van der Waals surface area contributed by atoms with Crippen LogP contribution in [0.2, 0.25) is 0 Å². The second-order valence-corrected chi connectivity index (χ2v) is 9.32. The average molecular weight is 504 g/mol. The van der Waals surface area contributed by atoms with E-state index >= 15 is 0 Å². The lowest BCUT2D eigenvalue weighted by Gasteiger charge is -2.15. The van der Waals surface area contributed by atoms with E-state index in [1.807, 2.05) is 29.2 Å². The van der Waals surface area contributed by atoms with Crippen molar-refractivity contribution in [3.8, 4) is 17.1 Å². The van der Waals surface area contributed by atoms with Crippen LogP contribution in [-0.4, -0.2) is 43.6 Å². The first-order valence-corrected chi connectivity index (χ1v) is 12.5. The highest BCUT2D eigenvalue weighted by Crippen LogP contribution is 2.31. The molecule has 10 heteroatoms. The maximum Gasteiger partial charge on any atom is 0.269 e. The minimum Gasteiger partial charge on any atom is -0.339 e. The summed E-state index contributed by atoms with van der Waals surface area (Å²) in [6.07, 6.45) is 2.09. The van der Waals surface area contributed by atoms with Crippen molar-refractivity contribution in [2.75, 3.05) is 13.1 Å². The Morgan fingerprint density at radius 3 is 2.33 bits per heavy atom. The predicted molar refractivity (Wildman–Crippen MR) is 135 cm³/mol. The van der Waals surface area contributed by atoms with Crippen molar-refractivity contribution in [3.63, 3.8) is 0 Å². The van der Waals surface area contributed by atoms with Crippen molar-refractivity contribution >= 4 is 23.4 Å². The van der Waals surface area contributed by atoms with Crippen LogP contribution in [0.4, 0.5) is 10.1 Å². The van der Waals surface area contributed by atoms with Gasteiger partial charge in [0.1, 0.15) is 5.82 Å². The average Bonchev–Trinajstić information content (AvgIpc) is 3.58. The van der Waals surface area contributed by atoms with Crippen LogP contribution in [0.1, 0.15) is 28.8 Å². The van der Waals surface area contributed by atoms with Crippen molar-refractivity contribution < 1.29 is 14.1 Å². The number of halogens is 1. The molecule has 0 aliphatic carbocycles. The van der Waals surface area contributed by atoms with Gasteiger partial charge in [-0.1, -0.05) is 36.0 Å². The summed E-state index contributed by atoms with van der Waals surface area (Å²) < 4.78 is 16.4. The molecule has 0 radical (unpaired) electrons. The van der Waals surface area contributed by atoms with Crippen LogP contribution in [0.25, 0.3) is 17.1 Å². The summed E-state index contributed by atoms with van der Waals surface area (Å²) in [6, 6.07) is 19.7. The largest absolute Gasteiger partial charge is 0.339 e. The zero-order valence-electron chi connectivity index (χ0n) is 19.2. The lowest BCUT2D eigenvalue weighted by molar-refractivity contribution is -0.384. The summed E-state index contributed by atoms with van der Waals surface area (Å²) in [5, 5.41) is 20.1. The number of carbonyl (C=O) groups is 1. The molecule has 4 aromatic rings. The Hall–Kier alpha value is -4.05. The van der Waals surface area contributed by atoms with Crippen LogP contribution in [0.3, 0.4) is 0 Å². The van der Waals surface area contributed by atoms with Gasteiger partial charge in [0.15, 0.2) is 11.0 Å². The molecule has 0 unspecified atom stereocenters. The number of non-ortho nitro benzene ring substituents is 1. The molecular formula is C26H22FN5O3S. The van der Waals surface area contributed by atoms with Crippen LogP contribution < -0.4 is 0 Å². The van der Waals surface area contributed by atoms with Crippen LogP contribution in [-0.2, 0) is 5.75 Å². The van der Waals surface area contributed by atoms with E-state index in [4.69, 9.17) is 0 Å². The zero-order chi connectivity index (χ0) is 25.1. The number of amides is 1. The van der Waals surface area contributed by atoms with Gasteiger partial charge in [-0.15, -0.1) is 10.2 Å². The Morgan fingerprint density at radius 2 is 1.67 bits per heavy atom. The molecule has 182 valence electrons. The Morgan fingerprint density at radius 1 is 0.972 bits per heavy atom. The molecule has 2 heterocycles. The maximum atomic E-state index is 14.8. The third-order valence-electron chi connectivity index (χ3n) is 6.03. The molecule has 0 N–H and O–H groups in total. The van der Waals surface area contributed by atoms with Gasteiger partial charge >= 0.3 is 0 Å². The number of thioether (sulfide) groups is 1. The SMILES string of the molecule is O=C(c1ccc(CSc2nnc(-c3ccc([N+](=O)[O-])cc3)n2-c2ccccc2F)cc1)N1CCCC1. The molecule has 0 saturated carbocycles. The number of benzene rings is 3. The fraction of sp³-hybridized carbons (Fsp3) is 0.192. The lowest BCUT2D eigenvalue weighted by atomic mass is 10.1. The van der Waals surface area contributed by atoms with Crippen molar-refractivity contribution in [2.24, 2.45) is 0 Å². The molecule has 1 amide bonds. The van der Waals surface area contributed by atoms with Crippen molar-refractivity contribution in [1.82, 2.24) is 19.7 Å². The molecule has 36 heavy (non-hydrogen) atoms. The minimum atomic E-state index is -0.476. The van der Waals surface area contributed by atoms with E-state index in [0.29, 0.717) is 27.9 Å². The van der Waals surface area contributed by atoms with E-state index in [1.54, 1.807) is 34.9 Å². The summed E-state index contributed by atoms with van der Waals surface area (Å²) >= 11 is 1.39. The summed E-state index contributed by atoms with van der Waals surface area (Å²) in [6.45, 7) is 1.61. The molecule has 1 saturated heterocycles. The van der Waals surface area contributed by atoms with Gasteiger partial charge in [0.05, 0.1) is 10.6 Å². The fourth-order valence-corrected chi connectivity index (χ4v) is 5.03. The topological polar surface area (TPSA) is 94.2 Å². The van der Waals surface area contributed by atoms with E-state index in [2.05, 4.69) is 10.2 Å². The van der Waals surface area contributed by atoms with E-state index in [0.717, 1.165) is 31.5 Å². The normalized spacial score (nSPS) is 13.2. The number of aromatic nitrogens is 3. The minimum absolute atomic E-state index is 0.0445. The second-order valence-electron chi connectivity index (χ2n) is 8.38. The maximum absolute atomic E-state index is 14.8. The fourth-order valence-electron chi connectivity index (χ4n) is 4.13. The van der Waals surface area contributed by atoms with Gasteiger partial charge in [0, 0.05) is 42.1 Å². The molecule has 1 fully saturated rings. The van der Waals surface area contributed by atoms with Crippen LogP contribution >= 0.6 is 11.8 Å². The summed E-state index contributed by atoms with van der Waals surface area (Å²) in [4.78, 5) is 25.0. The molecule has 0 atom stereocenters. The van der Waals surface area contributed by atoms with Crippen LogP contribution in [0.15, 0.2) is 78.0 Å². The molecule has 5 rings (SSSR count). The monoisotopic (exact) mass is 503 g/mol. The van der Waals surface area contributed by atoms with Crippen LogP contribution in [0, 0.1) is 15.9 Å². The molecule has 1 aliphatic heterocycles. The first kappa shape index (κ1) is 23.7. The van der Waals surface area contributed by atoms with E-state index < -0.39 is 10.7 Å². The number of hydrogen-bond donors (Lipinski definition) is 0. The van der Waals surface area contributed by atoms with E-state index in [1.165, 1.54) is 30.0 Å². The van der Waals surface area contributed by atoms with Crippen molar-refractivity contribution in [2.45, 2.75) is 23.8 Å². The van der Waals surface area contributed by atoms with Gasteiger partial charge in [-0.25, -0.2) is 4.39 Å². The molecule has 1 aromatic heterocycles. The summed E-state index contributed by atoms with van der Waals surface area (Å²) in [5.41, 5.74) is 2.47. The number of nitro benzene ring substituents is 1. The number of carbonyl (C=O) groups excluding carboxylic acids is 1. The van der Waals surface area contributed by atoms with Gasteiger partial charge in [-0.05, 0) is 54.8 Å². The Labute approximate surface area is 210 Å². The van der Waals surface area contributed by atoms with Gasteiger partial charge < -0.3 is 4.90 Å². The molecule has 8 nitrogen and oxygen atoms in total. The third kappa shape index (κ3) is 4.85. The highest BCUT2D eigenvalue weighted by Gasteiger charge is 2.21. The predicted octanol–water partition coefficient (Wildman–Crippen LogP) is 5.51. The second kappa shape index (κ2) is 10.3. The Bertz CT molecular complexity index is 1400. The van der Waals surface area contributed by atoms with Crippen LogP contribution in [0.5, 0.6) is 0 Å². The molecule has 0 spiro atoms. The van der Waals surface area contributed by atoms with Gasteiger partial charge in [-0.2, -0.15) is 0 Å². The van der Waals surface area contributed by atoms with Gasteiger partial charge in [-0.3, -0.25) is 19.5 Å². The number of nitrogens with zero attached hydrogens (tertiary/aromatic N) is 5. The standard InChI is InChI=1S/C26H22FN5O3S/c27-22-5-1-2-6-23(22)31-24(19-11-13-21(14-12-19)32(34)35)28-29-26(31)36-17-18-7-9-20(10-8-18)25(33)30-15-3-4-16-30/h1-2,5-14H,3-4,15-17H2. The first-order valence-electron chi connectivity index (χ1n) is 11.5. The number of likely N-dealkylation sites (tertiary alicyclic amines) is 1. The molecular weight excluding hydrogens is 481 g/mol. The number of hydrogen-bond acceptors (Lipinski definition) is 6.